The highest BCUT2D eigenvalue weighted by atomic mass is 32.1. The number of fused-ring (bicyclic) bond motifs is 1. The van der Waals surface area contributed by atoms with Gasteiger partial charge in [-0.05, 0) is 31.0 Å². The van der Waals surface area contributed by atoms with Crippen LogP contribution in [0, 0.1) is 5.82 Å². The Bertz CT molecular complexity index is 803. The zero-order valence-electron chi connectivity index (χ0n) is 11.3. The zero-order chi connectivity index (χ0) is 14.4. The molecule has 1 saturated carbocycles. The Hall–Kier alpha value is -2.02. The maximum atomic E-state index is 13.2. The van der Waals surface area contributed by atoms with Crippen molar-refractivity contribution in [2.45, 2.75) is 31.6 Å². The third kappa shape index (κ3) is 2.08. The van der Waals surface area contributed by atoms with E-state index in [2.05, 4.69) is 15.3 Å². The van der Waals surface area contributed by atoms with Crippen molar-refractivity contribution in [1.82, 2.24) is 19.8 Å². The van der Waals surface area contributed by atoms with Gasteiger partial charge >= 0.3 is 0 Å². The summed E-state index contributed by atoms with van der Waals surface area (Å²) in [6.07, 6.45) is 4.77. The van der Waals surface area contributed by atoms with E-state index < -0.39 is 0 Å². The second-order valence-electron chi connectivity index (χ2n) is 5.37. The van der Waals surface area contributed by atoms with E-state index >= 15 is 0 Å². The van der Waals surface area contributed by atoms with E-state index in [0.717, 1.165) is 34.2 Å². The van der Waals surface area contributed by atoms with Crippen molar-refractivity contribution in [3.8, 4) is 10.6 Å². The lowest BCUT2D eigenvalue weighted by molar-refractivity contribution is 0.628. The number of hydrogen-bond acceptors (Lipinski definition) is 5. The van der Waals surface area contributed by atoms with Crippen LogP contribution in [0.15, 0.2) is 18.2 Å². The lowest BCUT2D eigenvalue weighted by Gasteiger charge is -2.04. The van der Waals surface area contributed by atoms with Crippen molar-refractivity contribution in [3.63, 3.8) is 0 Å². The van der Waals surface area contributed by atoms with Gasteiger partial charge < -0.3 is 5.73 Å². The maximum absolute atomic E-state index is 13.2. The molecule has 0 atom stereocenters. The molecule has 21 heavy (non-hydrogen) atoms. The lowest BCUT2D eigenvalue weighted by atomic mass is 10.1. The SMILES string of the molecule is Nc1cc(F)ccc1-c1nn2c(C3CCCC3)nnc2s1. The Morgan fingerprint density at radius 3 is 2.81 bits per heavy atom. The standard InChI is InChI=1S/C14H14FN5S/c15-9-5-6-10(11(16)7-9)13-19-20-12(8-3-1-2-4-8)17-18-14(20)21-13/h5-8H,1-4,16H2. The predicted molar refractivity (Wildman–Crippen MR) is 79.7 cm³/mol. The van der Waals surface area contributed by atoms with Crippen LogP contribution in [0.4, 0.5) is 10.1 Å². The van der Waals surface area contributed by atoms with Gasteiger partial charge in [-0.3, -0.25) is 0 Å². The van der Waals surface area contributed by atoms with Gasteiger partial charge in [-0.25, -0.2) is 4.39 Å². The minimum atomic E-state index is -0.342. The third-order valence-electron chi connectivity index (χ3n) is 3.98. The third-order valence-corrected chi connectivity index (χ3v) is 4.91. The number of nitrogens with zero attached hydrogens (tertiary/aromatic N) is 4. The normalized spacial score (nSPS) is 16.0. The molecule has 0 bridgehead atoms. The first-order valence-electron chi connectivity index (χ1n) is 7.00. The summed E-state index contributed by atoms with van der Waals surface area (Å²) in [5, 5.41) is 13.8. The molecule has 0 spiro atoms. The van der Waals surface area contributed by atoms with Crippen LogP contribution in [0.2, 0.25) is 0 Å². The average molecular weight is 303 g/mol. The zero-order valence-corrected chi connectivity index (χ0v) is 12.1. The van der Waals surface area contributed by atoms with Crippen LogP contribution in [0.5, 0.6) is 0 Å². The molecule has 1 aliphatic carbocycles. The summed E-state index contributed by atoms with van der Waals surface area (Å²) < 4.78 is 15.0. The molecule has 0 radical (unpaired) electrons. The van der Waals surface area contributed by atoms with E-state index in [0.29, 0.717) is 11.6 Å². The van der Waals surface area contributed by atoms with Crippen molar-refractivity contribution >= 4 is 22.0 Å². The van der Waals surface area contributed by atoms with E-state index in [1.807, 2.05) is 4.52 Å². The van der Waals surface area contributed by atoms with Gasteiger partial charge in [0.2, 0.25) is 4.96 Å². The fraction of sp³-hybridized carbons (Fsp3) is 0.357. The highest BCUT2D eigenvalue weighted by Crippen LogP contribution is 2.35. The van der Waals surface area contributed by atoms with Gasteiger partial charge in [-0.15, -0.1) is 10.2 Å². The molecule has 3 aromatic rings. The number of benzene rings is 1. The molecule has 0 saturated heterocycles. The van der Waals surface area contributed by atoms with Gasteiger partial charge in [0.25, 0.3) is 0 Å². The molecule has 0 amide bonds. The van der Waals surface area contributed by atoms with Gasteiger partial charge in [-0.1, -0.05) is 24.2 Å². The smallest absolute Gasteiger partial charge is 0.234 e. The van der Waals surface area contributed by atoms with Crippen molar-refractivity contribution in [2.24, 2.45) is 0 Å². The van der Waals surface area contributed by atoms with Gasteiger partial charge in [0.05, 0.1) is 0 Å². The molecule has 1 aliphatic rings. The Morgan fingerprint density at radius 2 is 2.05 bits per heavy atom. The first-order chi connectivity index (χ1) is 10.2. The van der Waals surface area contributed by atoms with Gasteiger partial charge in [0.1, 0.15) is 10.8 Å². The highest BCUT2D eigenvalue weighted by Gasteiger charge is 2.24. The molecule has 2 aromatic heterocycles. The molecule has 7 heteroatoms. The van der Waals surface area contributed by atoms with Crippen LogP contribution in [-0.2, 0) is 0 Å². The van der Waals surface area contributed by atoms with Crippen LogP contribution >= 0.6 is 11.3 Å². The summed E-state index contributed by atoms with van der Waals surface area (Å²) >= 11 is 1.43. The van der Waals surface area contributed by atoms with Crippen molar-refractivity contribution < 1.29 is 4.39 Å². The molecule has 0 aliphatic heterocycles. The summed E-state index contributed by atoms with van der Waals surface area (Å²) in [6, 6.07) is 4.37. The van der Waals surface area contributed by atoms with E-state index in [4.69, 9.17) is 5.73 Å². The Balaban J connectivity index is 1.80. The van der Waals surface area contributed by atoms with Crippen molar-refractivity contribution in [1.29, 1.82) is 0 Å². The molecule has 4 rings (SSSR count). The quantitative estimate of drug-likeness (QED) is 0.738. The number of halogens is 1. The fourth-order valence-electron chi connectivity index (χ4n) is 2.91. The number of hydrogen-bond donors (Lipinski definition) is 1. The minimum absolute atomic E-state index is 0.342. The van der Waals surface area contributed by atoms with E-state index in [9.17, 15) is 4.39 Å². The van der Waals surface area contributed by atoms with E-state index in [1.165, 1.54) is 36.3 Å². The summed E-state index contributed by atoms with van der Waals surface area (Å²) in [7, 11) is 0. The number of rotatable bonds is 2. The van der Waals surface area contributed by atoms with Crippen molar-refractivity contribution in [2.75, 3.05) is 5.73 Å². The van der Waals surface area contributed by atoms with Crippen LogP contribution < -0.4 is 5.73 Å². The second kappa shape index (κ2) is 4.77. The highest BCUT2D eigenvalue weighted by molar-refractivity contribution is 7.19. The summed E-state index contributed by atoms with van der Waals surface area (Å²) in [4.78, 5) is 0.760. The Kier molecular flexibility index (Phi) is 2.88. The van der Waals surface area contributed by atoms with E-state index in [-0.39, 0.29) is 5.82 Å². The number of nitrogens with two attached hydrogens (primary N) is 1. The van der Waals surface area contributed by atoms with Crippen molar-refractivity contribution in [3.05, 3.63) is 29.8 Å². The van der Waals surface area contributed by atoms with Crippen LogP contribution in [0.3, 0.4) is 0 Å². The molecule has 2 heterocycles. The first kappa shape index (κ1) is 12.7. The van der Waals surface area contributed by atoms with Gasteiger partial charge in [0, 0.05) is 17.2 Å². The molecular formula is C14H14FN5S. The second-order valence-corrected chi connectivity index (χ2v) is 6.33. The first-order valence-corrected chi connectivity index (χ1v) is 7.81. The number of anilines is 1. The molecule has 5 nitrogen and oxygen atoms in total. The van der Waals surface area contributed by atoms with Crippen LogP contribution in [0.25, 0.3) is 15.5 Å². The largest absolute Gasteiger partial charge is 0.398 e. The minimum Gasteiger partial charge on any atom is -0.398 e. The topological polar surface area (TPSA) is 69.1 Å². The van der Waals surface area contributed by atoms with E-state index in [1.54, 1.807) is 6.07 Å². The number of aromatic nitrogens is 4. The summed E-state index contributed by atoms with van der Waals surface area (Å²) in [6.45, 7) is 0. The number of nitrogen functional groups attached to an aromatic ring is 1. The van der Waals surface area contributed by atoms with Gasteiger partial charge in [0.15, 0.2) is 5.82 Å². The average Bonchev–Trinajstić information content (AvgIpc) is 3.13. The molecule has 2 N–H and O–H groups in total. The maximum Gasteiger partial charge on any atom is 0.234 e. The predicted octanol–water partition coefficient (Wildman–Crippen LogP) is 3.23. The van der Waals surface area contributed by atoms with Gasteiger partial charge in [-0.2, -0.15) is 9.61 Å². The van der Waals surface area contributed by atoms with Crippen LogP contribution in [-0.4, -0.2) is 19.8 Å². The molecule has 108 valence electrons. The molecule has 1 aromatic carbocycles. The monoisotopic (exact) mass is 303 g/mol. The molecule has 1 fully saturated rings. The fourth-order valence-corrected chi connectivity index (χ4v) is 3.80. The van der Waals surface area contributed by atoms with Crippen LogP contribution in [0.1, 0.15) is 37.4 Å². The summed E-state index contributed by atoms with van der Waals surface area (Å²) in [5.41, 5.74) is 7.02. The Labute approximate surface area is 124 Å². The Morgan fingerprint density at radius 1 is 1.24 bits per heavy atom. The molecular weight excluding hydrogens is 289 g/mol. The lowest BCUT2D eigenvalue weighted by Crippen LogP contribution is -2.01. The summed E-state index contributed by atoms with van der Waals surface area (Å²) in [5.74, 6) is 1.04. The molecule has 0 unspecified atom stereocenters.